The number of nitrogens with zero attached hydrogens (tertiary/aromatic N) is 1. The molecule has 0 atom stereocenters. The summed E-state index contributed by atoms with van der Waals surface area (Å²) in [6.07, 6.45) is 1.73. The van der Waals surface area contributed by atoms with Gasteiger partial charge in [-0.15, -0.1) is 0 Å². The number of carbonyl (C=O) groups excluding carboxylic acids is 2. The van der Waals surface area contributed by atoms with E-state index in [9.17, 15) is 9.59 Å². The third-order valence-corrected chi connectivity index (χ3v) is 6.77. The van der Waals surface area contributed by atoms with E-state index in [2.05, 4.69) is 15.9 Å². The molecule has 4 rings (SSSR count). The summed E-state index contributed by atoms with van der Waals surface area (Å²) in [5.41, 5.74) is 3.81. The molecule has 0 saturated carbocycles. The standard InChI is InChI=1S/C27H24BrNO4S/c1-3-32-24-14-20(10-13-23(24)33-17-19-8-11-22(28)12-9-19)15-25-26(30)29(27(31)34-25)16-21-7-5-4-6-18(21)2/h4-15H,3,16-17H2,1-2H3/b25-15-. The molecule has 5 nitrogen and oxygen atoms in total. The summed E-state index contributed by atoms with van der Waals surface area (Å²) in [4.78, 5) is 27.2. The molecule has 1 saturated heterocycles. The highest BCUT2D eigenvalue weighted by Crippen LogP contribution is 2.36. The van der Waals surface area contributed by atoms with Crippen LogP contribution in [0.2, 0.25) is 0 Å². The number of aryl methyl sites for hydroxylation is 1. The zero-order valence-corrected chi connectivity index (χ0v) is 21.3. The lowest BCUT2D eigenvalue weighted by molar-refractivity contribution is -0.123. The van der Waals surface area contributed by atoms with E-state index in [0.717, 1.165) is 38.5 Å². The van der Waals surface area contributed by atoms with Gasteiger partial charge in [-0.2, -0.15) is 0 Å². The van der Waals surface area contributed by atoms with E-state index in [1.165, 1.54) is 4.90 Å². The number of amides is 2. The molecule has 0 aromatic heterocycles. The first-order chi connectivity index (χ1) is 16.4. The maximum atomic E-state index is 13.0. The zero-order valence-electron chi connectivity index (χ0n) is 18.9. The number of halogens is 1. The smallest absolute Gasteiger partial charge is 0.293 e. The average Bonchev–Trinajstić information content (AvgIpc) is 3.08. The highest BCUT2D eigenvalue weighted by atomic mass is 79.9. The molecule has 7 heteroatoms. The van der Waals surface area contributed by atoms with Crippen LogP contribution in [0.3, 0.4) is 0 Å². The normalized spacial score (nSPS) is 14.7. The Balaban J connectivity index is 1.51. The summed E-state index contributed by atoms with van der Waals surface area (Å²) < 4.78 is 12.8. The monoisotopic (exact) mass is 537 g/mol. The van der Waals surface area contributed by atoms with E-state index in [4.69, 9.17) is 9.47 Å². The number of rotatable bonds is 8. The van der Waals surface area contributed by atoms with Gasteiger partial charge >= 0.3 is 0 Å². The fourth-order valence-electron chi connectivity index (χ4n) is 3.49. The van der Waals surface area contributed by atoms with E-state index in [1.807, 2.05) is 80.6 Å². The molecule has 3 aromatic carbocycles. The van der Waals surface area contributed by atoms with Gasteiger partial charge in [0.1, 0.15) is 6.61 Å². The molecule has 1 aliphatic rings. The lowest BCUT2D eigenvalue weighted by Crippen LogP contribution is -2.27. The Morgan fingerprint density at radius 3 is 2.47 bits per heavy atom. The molecule has 174 valence electrons. The Hall–Kier alpha value is -3.03. The van der Waals surface area contributed by atoms with Crippen LogP contribution in [-0.4, -0.2) is 22.7 Å². The number of hydrogen-bond donors (Lipinski definition) is 0. The molecule has 3 aromatic rings. The predicted octanol–water partition coefficient (Wildman–Crippen LogP) is 6.97. The molecular weight excluding hydrogens is 514 g/mol. The van der Waals surface area contributed by atoms with Gasteiger partial charge in [0.05, 0.1) is 18.1 Å². The molecule has 0 N–H and O–H groups in total. The third kappa shape index (κ3) is 5.72. The summed E-state index contributed by atoms with van der Waals surface area (Å²) >= 11 is 4.39. The number of ether oxygens (including phenoxy) is 2. The van der Waals surface area contributed by atoms with Crippen molar-refractivity contribution in [2.75, 3.05) is 6.61 Å². The van der Waals surface area contributed by atoms with Gasteiger partial charge in [0, 0.05) is 4.47 Å². The van der Waals surface area contributed by atoms with E-state index in [-0.39, 0.29) is 17.7 Å². The molecule has 0 bridgehead atoms. The Kier molecular flexibility index (Phi) is 7.75. The van der Waals surface area contributed by atoms with Crippen molar-refractivity contribution < 1.29 is 19.1 Å². The number of carbonyl (C=O) groups is 2. The Labute approximate surface area is 211 Å². The van der Waals surface area contributed by atoms with Crippen molar-refractivity contribution in [2.45, 2.75) is 27.0 Å². The van der Waals surface area contributed by atoms with Crippen LogP contribution in [0, 0.1) is 6.92 Å². The summed E-state index contributed by atoms with van der Waals surface area (Å²) in [6.45, 7) is 5.03. The van der Waals surface area contributed by atoms with Crippen LogP contribution >= 0.6 is 27.7 Å². The van der Waals surface area contributed by atoms with Crippen LogP contribution in [0.1, 0.15) is 29.2 Å². The first kappa shape index (κ1) is 24.1. The topological polar surface area (TPSA) is 55.8 Å². The first-order valence-corrected chi connectivity index (χ1v) is 12.5. The maximum absolute atomic E-state index is 13.0. The van der Waals surface area contributed by atoms with E-state index < -0.39 is 0 Å². The fourth-order valence-corrected chi connectivity index (χ4v) is 4.59. The molecule has 0 radical (unpaired) electrons. The molecule has 1 heterocycles. The molecule has 0 unspecified atom stereocenters. The van der Waals surface area contributed by atoms with E-state index in [0.29, 0.717) is 29.6 Å². The van der Waals surface area contributed by atoms with Crippen molar-refractivity contribution in [3.63, 3.8) is 0 Å². The largest absolute Gasteiger partial charge is 0.490 e. The van der Waals surface area contributed by atoms with Gasteiger partial charge in [0.15, 0.2) is 11.5 Å². The van der Waals surface area contributed by atoms with Gasteiger partial charge in [-0.25, -0.2) is 0 Å². The second kappa shape index (κ2) is 10.9. The van der Waals surface area contributed by atoms with Crippen molar-refractivity contribution in [3.8, 4) is 11.5 Å². The third-order valence-electron chi connectivity index (χ3n) is 5.34. The van der Waals surface area contributed by atoms with Crippen molar-refractivity contribution in [1.82, 2.24) is 4.90 Å². The van der Waals surface area contributed by atoms with Crippen LogP contribution in [0.5, 0.6) is 11.5 Å². The van der Waals surface area contributed by atoms with Crippen LogP contribution < -0.4 is 9.47 Å². The van der Waals surface area contributed by atoms with Gasteiger partial charge in [-0.1, -0.05) is 58.4 Å². The molecule has 0 spiro atoms. The Morgan fingerprint density at radius 2 is 1.74 bits per heavy atom. The van der Waals surface area contributed by atoms with E-state index >= 15 is 0 Å². The second-order valence-corrected chi connectivity index (χ2v) is 9.66. The SMILES string of the molecule is CCOc1cc(/C=C2\SC(=O)N(Cc3ccccc3C)C2=O)ccc1OCc1ccc(Br)cc1. The number of imide groups is 1. The highest BCUT2D eigenvalue weighted by molar-refractivity contribution is 9.10. The van der Waals surface area contributed by atoms with Crippen LogP contribution in [0.25, 0.3) is 6.08 Å². The van der Waals surface area contributed by atoms with Crippen molar-refractivity contribution in [1.29, 1.82) is 0 Å². The minimum atomic E-state index is -0.285. The fraction of sp³-hybridized carbons (Fsp3) is 0.185. The molecule has 1 fully saturated rings. The summed E-state index contributed by atoms with van der Waals surface area (Å²) in [7, 11) is 0. The number of benzene rings is 3. The average molecular weight is 538 g/mol. The summed E-state index contributed by atoms with van der Waals surface area (Å²) in [6, 6.07) is 21.2. The lowest BCUT2D eigenvalue weighted by Gasteiger charge is -2.14. The van der Waals surface area contributed by atoms with Crippen LogP contribution in [-0.2, 0) is 17.9 Å². The number of thioether (sulfide) groups is 1. The van der Waals surface area contributed by atoms with Crippen molar-refractivity contribution in [3.05, 3.63) is 98.4 Å². The molecule has 1 aliphatic heterocycles. The Morgan fingerprint density at radius 1 is 0.971 bits per heavy atom. The summed E-state index contributed by atoms with van der Waals surface area (Å²) in [5, 5.41) is -0.265. The molecular formula is C27H24BrNO4S. The van der Waals surface area contributed by atoms with Gasteiger partial charge in [0.25, 0.3) is 11.1 Å². The van der Waals surface area contributed by atoms with Crippen molar-refractivity contribution in [2.24, 2.45) is 0 Å². The number of hydrogen-bond acceptors (Lipinski definition) is 5. The molecule has 2 amide bonds. The minimum absolute atomic E-state index is 0.265. The molecule has 34 heavy (non-hydrogen) atoms. The minimum Gasteiger partial charge on any atom is -0.490 e. The quantitative estimate of drug-likeness (QED) is 0.290. The highest BCUT2D eigenvalue weighted by Gasteiger charge is 2.35. The Bertz CT molecular complexity index is 1240. The molecule has 0 aliphatic carbocycles. The lowest BCUT2D eigenvalue weighted by atomic mass is 10.1. The van der Waals surface area contributed by atoms with Gasteiger partial charge < -0.3 is 9.47 Å². The second-order valence-electron chi connectivity index (χ2n) is 7.75. The van der Waals surface area contributed by atoms with Crippen LogP contribution in [0.4, 0.5) is 4.79 Å². The predicted molar refractivity (Wildman–Crippen MR) is 139 cm³/mol. The van der Waals surface area contributed by atoms with Gasteiger partial charge in [-0.05, 0) is 78.2 Å². The van der Waals surface area contributed by atoms with E-state index in [1.54, 1.807) is 6.08 Å². The first-order valence-electron chi connectivity index (χ1n) is 10.9. The summed E-state index contributed by atoms with van der Waals surface area (Å²) in [5.74, 6) is 0.925. The zero-order chi connectivity index (χ0) is 24.1. The van der Waals surface area contributed by atoms with Gasteiger partial charge in [-0.3, -0.25) is 14.5 Å². The van der Waals surface area contributed by atoms with Crippen molar-refractivity contribution >= 4 is 44.9 Å². The van der Waals surface area contributed by atoms with Crippen LogP contribution in [0.15, 0.2) is 76.1 Å². The van der Waals surface area contributed by atoms with Gasteiger partial charge in [0.2, 0.25) is 0 Å². The maximum Gasteiger partial charge on any atom is 0.293 e.